The Balaban J connectivity index is 3.07. The summed E-state index contributed by atoms with van der Waals surface area (Å²) in [4.78, 5) is 10.2. The first-order valence-corrected chi connectivity index (χ1v) is 4.45. The minimum absolute atomic E-state index is 0.346. The van der Waals surface area contributed by atoms with E-state index in [0.29, 0.717) is 17.1 Å². The lowest BCUT2D eigenvalue weighted by molar-refractivity contribution is -0.524. The maximum Gasteiger partial charge on any atom is 0.235 e. The number of benzene rings is 1. The highest BCUT2D eigenvalue weighted by Crippen LogP contribution is 2.30. The molecule has 0 N–H and O–H groups in total. The summed E-state index contributed by atoms with van der Waals surface area (Å²) < 4.78 is 10.1. The standard InChI is InChI=1S/C10H13NO4/c1-7(11(12)13)8-4-5-9(14-2)10(6-8)15-3/h4-7H,1-3H3. The summed E-state index contributed by atoms with van der Waals surface area (Å²) in [5, 5.41) is 10.6. The molecule has 0 amide bonds. The molecule has 0 fully saturated rings. The minimum Gasteiger partial charge on any atom is -0.493 e. The third kappa shape index (κ3) is 2.37. The number of hydrogen-bond acceptors (Lipinski definition) is 4. The Morgan fingerprint density at radius 2 is 1.87 bits per heavy atom. The van der Waals surface area contributed by atoms with Crippen molar-refractivity contribution in [3.05, 3.63) is 33.9 Å². The van der Waals surface area contributed by atoms with Crippen LogP contribution in [0.1, 0.15) is 18.5 Å². The topological polar surface area (TPSA) is 61.6 Å². The third-order valence-corrected chi connectivity index (χ3v) is 2.21. The van der Waals surface area contributed by atoms with Crippen LogP contribution >= 0.6 is 0 Å². The van der Waals surface area contributed by atoms with E-state index in [0.717, 1.165) is 0 Å². The Kier molecular flexibility index (Phi) is 3.49. The fourth-order valence-electron chi connectivity index (χ4n) is 1.23. The second-order valence-corrected chi connectivity index (χ2v) is 3.08. The van der Waals surface area contributed by atoms with Crippen LogP contribution in [-0.2, 0) is 0 Å². The van der Waals surface area contributed by atoms with Gasteiger partial charge in [0, 0.05) is 17.4 Å². The van der Waals surface area contributed by atoms with E-state index in [4.69, 9.17) is 9.47 Å². The highest BCUT2D eigenvalue weighted by molar-refractivity contribution is 5.43. The van der Waals surface area contributed by atoms with E-state index >= 15 is 0 Å². The van der Waals surface area contributed by atoms with E-state index in [2.05, 4.69) is 0 Å². The SMILES string of the molecule is COc1ccc(C(C)[N+](=O)[O-])cc1OC. The van der Waals surface area contributed by atoms with Crippen molar-refractivity contribution >= 4 is 0 Å². The largest absolute Gasteiger partial charge is 0.493 e. The fraction of sp³-hybridized carbons (Fsp3) is 0.400. The van der Waals surface area contributed by atoms with Gasteiger partial charge < -0.3 is 9.47 Å². The van der Waals surface area contributed by atoms with Gasteiger partial charge >= 0.3 is 0 Å². The number of methoxy groups -OCH3 is 2. The lowest BCUT2D eigenvalue weighted by Crippen LogP contribution is -2.06. The van der Waals surface area contributed by atoms with Crippen molar-refractivity contribution in [2.24, 2.45) is 0 Å². The summed E-state index contributed by atoms with van der Waals surface area (Å²) >= 11 is 0. The van der Waals surface area contributed by atoms with Gasteiger partial charge in [-0.25, -0.2) is 0 Å². The van der Waals surface area contributed by atoms with Gasteiger partial charge in [0.2, 0.25) is 6.04 Å². The van der Waals surface area contributed by atoms with Gasteiger partial charge in [0.25, 0.3) is 0 Å². The Morgan fingerprint density at radius 1 is 1.27 bits per heavy atom. The highest BCUT2D eigenvalue weighted by Gasteiger charge is 2.17. The Hall–Kier alpha value is -1.78. The van der Waals surface area contributed by atoms with Crippen LogP contribution in [0.25, 0.3) is 0 Å². The Bertz CT molecular complexity index is 364. The zero-order chi connectivity index (χ0) is 11.4. The third-order valence-electron chi connectivity index (χ3n) is 2.21. The van der Waals surface area contributed by atoms with Gasteiger partial charge in [0.1, 0.15) is 0 Å². The van der Waals surface area contributed by atoms with Crippen molar-refractivity contribution in [3.8, 4) is 11.5 Å². The number of rotatable bonds is 4. The lowest BCUT2D eigenvalue weighted by atomic mass is 10.1. The molecule has 1 aromatic carbocycles. The molecule has 1 unspecified atom stereocenters. The molecule has 0 aliphatic rings. The predicted octanol–water partition coefficient (Wildman–Crippen LogP) is 2.04. The smallest absolute Gasteiger partial charge is 0.235 e. The monoisotopic (exact) mass is 211 g/mol. The summed E-state index contributed by atoms with van der Waals surface area (Å²) in [7, 11) is 3.02. The molecular weight excluding hydrogens is 198 g/mol. The average Bonchev–Trinajstić information content (AvgIpc) is 2.26. The number of nitrogens with zero attached hydrogens (tertiary/aromatic N) is 1. The van der Waals surface area contributed by atoms with Crippen LogP contribution in [0.15, 0.2) is 18.2 Å². The van der Waals surface area contributed by atoms with E-state index in [9.17, 15) is 10.1 Å². The molecule has 0 heterocycles. The molecule has 1 rings (SSSR count). The van der Waals surface area contributed by atoms with Crippen LogP contribution in [0.3, 0.4) is 0 Å². The molecule has 0 radical (unpaired) electrons. The molecule has 1 atom stereocenters. The Morgan fingerprint density at radius 3 is 2.33 bits per heavy atom. The van der Waals surface area contributed by atoms with Gasteiger partial charge in [0.15, 0.2) is 11.5 Å². The van der Waals surface area contributed by atoms with Crippen LogP contribution in [0.5, 0.6) is 11.5 Å². The predicted molar refractivity (Wildman–Crippen MR) is 55.0 cm³/mol. The number of nitro groups is 1. The van der Waals surface area contributed by atoms with Crippen LogP contribution in [0.2, 0.25) is 0 Å². The molecule has 0 saturated carbocycles. The molecule has 0 aromatic heterocycles. The van der Waals surface area contributed by atoms with E-state index in [1.54, 1.807) is 18.2 Å². The lowest BCUT2D eigenvalue weighted by Gasteiger charge is -2.10. The van der Waals surface area contributed by atoms with Gasteiger partial charge in [0.05, 0.1) is 14.2 Å². The van der Waals surface area contributed by atoms with Gasteiger partial charge in [-0.3, -0.25) is 10.1 Å². The maximum atomic E-state index is 10.6. The minimum atomic E-state index is -0.746. The molecule has 0 bridgehead atoms. The van der Waals surface area contributed by atoms with Gasteiger partial charge in [-0.1, -0.05) is 0 Å². The van der Waals surface area contributed by atoms with E-state index in [-0.39, 0.29) is 4.92 Å². The second kappa shape index (κ2) is 4.63. The first kappa shape index (κ1) is 11.3. The van der Waals surface area contributed by atoms with E-state index in [1.165, 1.54) is 21.1 Å². The second-order valence-electron chi connectivity index (χ2n) is 3.08. The van der Waals surface area contributed by atoms with E-state index in [1.807, 2.05) is 0 Å². The average molecular weight is 211 g/mol. The van der Waals surface area contributed by atoms with Crippen LogP contribution in [0.4, 0.5) is 0 Å². The molecule has 15 heavy (non-hydrogen) atoms. The quantitative estimate of drug-likeness (QED) is 0.564. The summed E-state index contributed by atoms with van der Waals surface area (Å²) in [6.07, 6.45) is 0. The van der Waals surface area contributed by atoms with Crippen molar-refractivity contribution in [3.63, 3.8) is 0 Å². The Labute approximate surface area is 87.8 Å². The van der Waals surface area contributed by atoms with Crippen LogP contribution in [0, 0.1) is 10.1 Å². The molecule has 82 valence electrons. The summed E-state index contributed by atoms with van der Waals surface area (Å²) in [5.74, 6) is 1.07. The zero-order valence-electron chi connectivity index (χ0n) is 8.89. The molecule has 0 aliphatic carbocycles. The van der Waals surface area contributed by atoms with Gasteiger partial charge in [-0.05, 0) is 18.2 Å². The van der Waals surface area contributed by atoms with Crippen molar-refractivity contribution in [2.75, 3.05) is 14.2 Å². The normalized spacial score (nSPS) is 11.9. The van der Waals surface area contributed by atoms with Crippen molar-refractivity contribution in [2.45, 2.75) is 13.0 Å². The summed E-state index contributed by atoms with van der Waals surface area (Å²) in [6.45, 7) is 1.53. The first-order valence-electron chi connectivity index (χ1n) is 4.45. The summed E-state index contributed by atoms with van der Waals surface area (Å²) in [6, 6.07) is 4.19. The highest BCUT2D eigenvalue weighted by atomic mass is 16.6. The molecule has 0 aliphatic heterocycles. The molecular formula is C10H13NO4. The van der Waals surface area contributed by atoms with Crippen molar-refractivity contribution < 1.29 is 14.4 Å². The molecule has 1 aromatic rings. The first-order chi connectivity index (χ1) is 7.10. The van der Waals surface area contributed by atoms with Gasteiger partial charge in [-0.15, -0.1) is 0 Å². The molecule has 5 heteroatoms. The van der Waals surface area contributed by atoms with E-state index < -0.39 is 6.04 Å². The molecule has 0 saturated heterocycles. The van der Waals surface area contributed by atoms with Crippen LogP contribution in [-0.4, -0.2) is 19.1 Å². The van der Waals surface area contributed by atoms with Crippen molar-refractivity contribution in [1.82, 2.24) is 0 Å². The fourth-order valence-corrected chi connectivity index (χ4v) is 1.23. The number of hydrogen-bond donors (Lipinski definition) is 0. The van der Waals surface area contributed by atoms with Gasteiger partial charge in [-0.2, -0.15) is 0 Å². The number of ether oxygens (including phenoxy) is 2. The van der Waals surface area contributed by atoms with Crippen LogP contribution < -0.4 is 9.47 Å². The zero-order valence-corrected chi connectivity index (χ0v) is 8.89. The molecule has 0 spiro atoms. The van der Waals surface area contributed by atoms with Crippen molar-refractivity contribution in [1.29, 1.82) is 0 Å². The summed E-state index contributed by atoms with van der Waals surface area (Å²) in [5.41, 5.74) is 0.595. The maximum absolute atomic E-state index is 10.6. The molecule has 5 nitrogen and oxygen atoms in total.